The molecular weight excluding hydrogens is 328 g/mol. The Labute approximate surface area is 143 Å². The second-order valence-electron chi connectivity index (χ2n) is 6.38. The van der Waals surface area contributed by atoms with Crippen LogP contribution in [0.15, 0.2) is 30.6 Å². The van der Waals surface area contributed by atoms with Crippen LogP contribution < -0.4 is 9.47 Å². The highest BCUT2D eigenvalue weighted by Crippen LogP contribution is 2.45. The lowest BCUT2D eigenvalue weighted by Crippen LogP contribution is -2.20. The van der Waals surface area contributed by atoms with Crippen LogP contribution in [0.1, 0.15) is 19.4 Å². The maximum Gasteiger partial charge on any atom is 0.387 e. The van der Waals surface area contributed by atoms with Gasteiger partial charge in [0, 0.05) is 23.7 Å². The number of hydrogen-bond acceptors (Lipinski definition) is 4. The number of aromatic amines is 1. The molecule has 3 aromatic rings. The maximum absolute atomic E-state index is 12.7. The van der Waals surface area contributed by atoms with E-state index in [1.807, 2.05) is 19.9 Å². The van der Waals surface area contributed by atoms with Crippen LogP contribution in [0.5, 0.6) is 11.5 Å². The summed E-state index contributed by atoms with van der Waals surface area (Å²) in [6.45, 7) is 1.18. The molecule has 0 amide bonds. The summed E-state index contributed by atoms with van der Waals surface area (Å²) in [6.07, 6.45) is 3.92. The third-order valence-electron chi connectivity index (χ3n) is 4.40. The largest absolute Gasteiger partial charge is 0.486 e. The first-order valence-corrected chi connectivity index (χ1v) is 8.10. The zero-order valence-corrected chi connectivity index (χ0v) is 13.8. The van der Waals surface area contributed by atoms with Crippen LogP contribution in [0.25, 0.3) is 22.4 Å². The molecule has 1 aliphatic rings. The predicted octanol–water partition coefficient (Wildman–Crippen LogP) is 4.19. The Morgan fingerprint density at radius 1 is 1.28 bits per heavy atom. The van der Waals surface area contributed by atoms with Crippen molar-refractivity contribution in [3.05, 3.63) is 36.2 Å². The molecule has 0 spiro atoms. The fraction of sp³-hybridized carbons (Fsp3) is 0.333. The van der Waals surface area contributed by atoms with Crippen molar-refractivity contribution in [2.75, 3.05) is 0 Å². The summed E-state index contributed by atoms with van der Waals surface area (Å²) in [5, 5.41) is 0. The zero-order chi connectivity index (χ0) is 17.6. The zero-order valence-electron chi connectivity index (χ0n) is 13.8. The number of alkyl halides is 2. The average Bonchev–Trinajstić information content (AvgIpc) is 3.19. The maximum atomic E-state index is 12.7. The molecule has 0 saturated heterocycles. The van der Waals surface area contributed by atoms with Crippen molar-refractivity contribution in [1.82, 2.24) is 15.0 Å². The van der Waals surface area contributed by atoms with Crippen LogP contribution in [0.2, 0.25) is 0 Å². The van der Waals surface area contributed by atoms with Gasteiger partial charge >= 0.3 is 6.61 Å². The molecule has 2 aromatic heterocycles. The lowest BCUT2D eigenvalue weighted by molar-refractivity contribution is -0.0518. The SMILES string of the molecule is CC(C)C1Cc2c(-c3nc4ccncc4[nH]3)ccc(OC(F)F)c2O1. The molecule has 5 nitrogen and oxygen atoms in total. The van der Waals surface area contributed by atoms with Crippen molar-refractivity contribution in [3.63, 3.8) is 0 Å². The summed E-state index contributed by atoms with van der Waals surface area (Å²) in [5.74, 6) is 1.36. The summed E-state index contributed by atoms with van der Waals surface area (Å²) in [6, 6.07) is 5.07. The minimum atomic E-state index is -2.89. The van der Waals surface area contributed by atoms with Gasteiger partial charge in [-0.15, -0.1) is 0 Å². The first kappa shape index (κ1) is 15.8. The van der Waals surface area contributed by atoms with Gasteiger partial charge in [0.05, 0.1) is 17.2 Å². The molecule has 25 heavy (non-hydrogen) atoms. The quantitative estimate of drug-likeness (QED) is 0.770. The number of benzene rings is 1. The molecule has 0 bridgehead atoms. The normalized spacial score (nSPS) is 16.5. The number of pyridine rings is 1. The van der Waals surface area contributed by atoms with Crippen LogP contribution in [0.3, 0.4) is 0 Å². The van der Waals surface area contributed by atoms with E-state index >= 15 is 0 Å². The van der Waals surface area contributed by atoms with Crippen molar-refractivity contribution in [3.8, 4) is 22.9 Å². The van der Waals surface area contributed by atoms with Crippen LogP contribution in [-0.2, 0) is 6.42 Å². The molecule has 1 aliphatic heterocycles. The molecule has 1 atom stereocenters. The van der Waals surface area contributed by atoms with Crippen molar-refractivity contribution in [2.45, 2.75) is 33.0 Å². The molecule has 0 aliphatic carbocycles. The van der Waals surface area contributed by atoms with Gasteiger partial charge in [-0.1, -0.05) is 13.8 Å². The molecule has 0 fully saturated rings. The van der Waals surface area contributed by atoms with Crippen molar-refractivity contribution >= 4 is 11.0 Å². The molecule has 1 unspecified atom stereocenters. The molecule has 7 heteroatoms. The van der Waals surface area contributed by atoms with Gasteiger partial charge in [-0.3, -0.25) is 4.98 Å². The smallest absolute Gasteiger partial charge is 0.387 e. The lowest BCUT2D eigenvalue weighted by Gasteiger charge is -2.15. The Kier molecular flexibility index (Phi) is 3.78. The number of nitrogens with one attached hydrogen (secondary N) is 1. The van der Waals surface area contributed by atoms with Gasteiger partial charge in [0.2, 0.25) is 0 Å². The van der Waals surface area contributed by atoms with E-state index in [0.29, 0.717) is 18.0 Å². The van der Waals surface area contributed by atoms with Crippen molar-refractivity contribution in [1.29, 1.82) is 0 Å². The Morgan fingerprint density at radius 2 is 2.12 bits per heavy atom. The van der Waals surface area contributed by atoms with Gasteiger partial charge in [-0.05, 0) is 24.1 Å². The molecule has 4 rings (SSSR count). The van der Waals surface area contributed by atoms with Gasteiger partial charge in [0.1, 0.15) is 11.9 Å². The van der Waals surface area contributed by atoms with E-state index in [1.54, 1.807) is 18.5 Å². The number of halogens is 2. The third-order valence-corrected chi connectivity index (χ3v) is 4.40. The predicted molar refractivity (Wildman–Crippen MR) is 88.9 cm³/mol. The highest BCUT2D eigenvalue weighted by Gasteiger charge is 2.32. The highest BCUT2D eigenvalue weighted by molar-refractivity contribution is 5.80. The van der Waals surface area contributed by atoms with E-state index in [1.165, 1.54) is 6.07 Å². The Balaban J connectivity index is 1.83. The fourth-order valence-electron chi connectivity index (χ4n) is 3.10. The Morgan fingerprint density at radius 3 is 2.84 bits per heavy atom. The lowest BCUT2D eigenvalue weighted by atomic mass is 9.97. The van der Waals surface area contributed by atoms with Crippen LogP contribution in [0, 0.1) is 5.92 Å². The first-order valence-electron chi connectivity index (χ1n) is 8.10. The number of hydrogen-bond donors (Lipinski definition) is 1. The minimum absolute atomic E-state index is 0.0645. The van der Waals surface area contributed by atoms with Crippen LogP contribution in [0.4, 0.5) is 8.78 Å². The van der Waals surface area contributed by atoms with Crippen molar-refractivity contribution in [2.24, 2.45) is 5.92 Å². The molecule has 3 heterocycles. The van der Waals surface area contributed by atoms with Crippen molar-refractivity contribution < 1.29 is 18.3 Å². The summed E-state index contributed by atoms with van der Waals surface area (Å²) >= 11 is 0. The molecule has 0 saturated carbocycles. The summed E-state index contributed by atoms with van der Waals surface area (Å²) in [5.41, 5.74) is 3.28. The highest BCUT2D eigenvalue weighted by atomic mass is 19.3. The number of H-pyrrole nitrogens is 1. The van der Waals surface area contributed by atoms with E-state index in [0.717, 1.165) is 22.2 Å². The fourth-order valence-corrected chi connectivity index (χ4v) is 3.10. The average molecular weight is 345 g/mol. The Hall–Kier alpha value is -2.70. The van der Waals surface area contributed by atoms with Crippen LogP contribution >= 0.6 is 0 Å². The molecular formula is C18H17F2N3O2. The first-order chi connectivity index (χ1) is 12.0. The number of ether oxygens (including phenoxy) is 2. The second kappa shape index (κ2) is 5.98. The monoisotopic (exact) mass is 345 g/mol. The van der Waals surface area contributed by atoms with Gasteiger partial charge in [0.25, 0.3) is 0 Å². The van der Waals surface area contributed by atoms with E-state index in [9.17, 15) is 8.78 Å². The van der Waals surface area contributed by atoms with Gasteiger partial charge in [-0.2, -0.15) is 8.78 Å². The molecule has 1 aromatic carbocycles. The second-order valence-corrected chi connectivity index (χ2v) is 6.38. The van der Waals surface area contributed by atoms with E-state index in [-0.39, 0.29) is 17.8 Å². The number of rotatable bonds is 4. The number of fused-ring (bicyclic) bond motifs is 2. The van der Waals surface area contributed by atoms with Gasteiger partial charge in [0.15, 0.2) is 11.5 Å². The van der Waals surface area contributed by atoms with E-state index < -0.39 is 6.61 Å². The number of nitrogens with zero attached hydrogens (tertiary/aromatic N) is 2. The van der Waals surface area contributed by atoms with E-state index in [2.05, 4.69) is 19.7 Å². The van der Waals surface area contributed by atoms with E-state index in [4.69, 9.17) is 4.74 Å². The third kappa shape index (κ3) is 2.79. The topological polar surface area (TPSA) is 60.0 Å². The number of aromatic nitrogens is 3. The molecule has 1 N–H and O–H groups in total. The Bertz CT molecular complexity index is 891. The van der Waals surface area contributed by atoms with Crippen LogP contribution in [-0.4, -0.2) is 27.7 Å². The molecule has 0 radical (unpaired) electrons. The summed E-state index contributed by atoms with van der Waals surface area (Å²) in [4.78, 5) is 11.9. The number of imidazole rings is 1. The summed E-state index contributed by atoms with van der Waals surface area (Å²) < 4.78 is 36.0. The molecule has 130 valence electrons. The van der Waals surface area contributed by atoms with Gasteiger partial charge in [-0.25, -0.2) is 4.98 Å². The van der Waals surface area contributed by atoms with Gasteiger partial charge < -0.3 is 14.5 Å². The minimum Gasteiger partial charge on any atom is -0.486 e. The summed E-state index contributed by atoms with van der Waals surface area (Å²) in [7, 11) is 0. The standard InChI is InChI=1S/C18H17F2N3O2/c1-9(2)15-7-11-10(3-4-14(16(11)24-15)25-18(19)20)17-22-12-5-6-21-8-13(12)23-17/h3-6,8-9,15,18H,7H2,1-2H3,(H,22,23).